The molecule has 0 fully saturated rings. The Bertz CT molecular complexity index is 1160. The van der Waals surface area contributed by atoms with Crippen molar-refractivity contribution in [2.24, 2.45) is 4.99 Å². The number of halogens is 2. The highest BCUT2D eigenvalue weighted by atomic mass is 19.3. The molecule has 0 radical (unpaired) electrons. The maximum Gasteiger partial charge on any atom is 0.320 e. The van der Waals surface area contributed by atoms with Gasteiger partial charge in [0, 0.05) is 7.05 Å². The molecule has 31 heavy (non-hydrogen) atoms. The lowest BCUT2D eigenvalue weighted by atomic mass is 10.2. The van der Waals surface area contributed by atoms with E-state index < -0.39 is 18.5 Å². The Kier molecular flexibility index (Phi) is 5.37. The second-order valence-corrected chi connectivity index (χ2v) is 7.10. The second kappa shape index (κ2) is 8.13. The van der Waals surface area contributed by atoms with E-state index in [0.29, 0.717) is 11.2 Å². The zero-order valence-corrected chi connectivity index (χ0v) is 16.9. The molecule has 3 aromatic rings. The Balaban J connectivity index is 1.58. The van der Waals surface area contributed by atoms with E-state index in [1.165, 1.54) is 17.0 Å². The number of aromatic nitrogens is 2. The number of fused-ring (bicyclic) bond motifs is 1. The number of benzene rings is 2. The number of alkyl halides is 2. The number of amides is 2. The summed E-state index contributed by atoms with van der Waals surface area (Å²) in [6, 6.07) is 14.6. The molecule has 0 unspecified atom stereocenters. The molecule has 1 atom stereocenters. The van der Waals surface area contributed by atoms with Gasteiger partial charge < -0.3 is 4.90 Å². The number of aliphatic imine (C=N–C) groups is 1. The van der Waals surface area contributed by atoms with E-state index in [1.807, 2.05) is 6.07 Å². The molecule has 2 aromatic carbocycles. The van der Waals surface area contributed by atoms with Gasteiger partial charge >= 0.3 is 6.55 Å². The van der Waals surface area contributed by atoms with Crippen molar-refractivity contribution in [1.29, 1.82) is 0 Å². The van der Waals surface area contributed by atoms with Gasteiger partial charge in [0.15, 0.2) is 0 Å². The van der Waals surface area contributed by atoms with Crippen LogP contribution in [0, 0.1) is 0 Å². The number of carbonyl (C=O) groups excluding carboxylic acids is 2. The van der Waals surface area contributed by atoms with Crippen molar-refractivity contribution in [2.75, 3.05) is 12.1 Å². The third-order valence-corrected chi connectivity index (χ3v) is 4.92. The summed E-state index contributed by atoms with van der Waals surface area (Å²) < 4.78 is 28.1. The first-order chi connectivity index (χ1) is 14.9. The zero-order valence-electron chi connectivity index (χ0n) is 16.9. The van der Waals surface area contributed by atoms with Crippen LogP contribution in [0.4, 0.5) is 14.5 Å². The first-order valence-electron chi connectivity index (χ1n) is 9.59. The van der Waals surface area contributed by atoms with Gasteiger partial charge in [-0.2, -0.15) is 8.78 Å². The summed E-state index contributed by atoms with van der Waals surface area (Å²) >= 11 is 0. The summed E-state index contributed by atoms with van der Waals surface area (Å²) in [5, 5.41) is 1.26. The number of anilines is 1. The minimum Gasteiger partial charge on any atom is -0.332 e. The third kappa shape index (κ3) is 3.83. The molecule has 1 aromatic heterocycles. The average Bonchev–Trinajstić information content (AvgIpc) is 3.13. The highest BCUT2D eigenvalue weighted by Crippen LogP contribution is 2.24. The van der Waals surface area contributed by atoms with Crippen LogP contribution in [0.25, 0.3) is 11.0 Å². The standard InChI is InChI=1S/C21H20F2N6O2/c1-13-19(30)29(14-8-4-3-5-9-14)26-18(24-13)20(31)27(2)12-17-25-15-10-6-7-11-16(15)28(17)21(22)23/h3-11,13,21H,12H2,1-2H3,(H,24,26)/t13-/m1/s1. The summed E-state index contributed by atoms with van der Waals surface area (Å²) in [5.41, 5.74) is 4.01. The normalized spacial score (nSPS) is 16.4. The van der Waals surface area contributed by atoms with Gasteiger partial charge in [0.1, 0.15) is 11.9 Å². The summed E-state index contributed by atoms with van der Waals surface area (Å²) in [7, 11) is 1.47. The van der Waals surface area contributed by atoms with Gasteiger partial charge in [-0.15, -0.1) is 0 Å². The number of rotatable bonds is 5. The molecule has 10 heteroatoms. The molecule has 8 nitrogen and oxygen atoms in total. The molecule has 0 bridgehead atoms. The van der Waals surface area contributed by atoms with E-state index in [1.54, 1.807) is 55.5 Å². The van der Waals surface area contributed by atoms with Crippen LogP contribution < -0.4 is 10.4 Å². The highest BCUT2D eigenvalue weighted by Gasteiger charge is 2.32. The number of imidazole rings is 1. The van der Waals surface area contributed by atoms with Crippen molar-refractivity contribution in [3.8, 4) is 0 Å². The van der Waals surface area contributed by atoms with Crippen molar-refractivity contribution >= 4 is 34.4 Å². The van der Waals surface area contributed by atoms with Gasteiger partial charge in [0.2, 0.25) is 5.84 Å². The summed E-state index contributed by atoms with van der Waals surface area (Å²) in [4.78, 5) is 35.1. The van der Waals surface area contributed by atoms with Crippen molar-refractivity contribution in [3.05, 3.63) is 60.4 Å². The fraction of sp³-hybridized carbons (Fsp3) is 0.238. The van der Waals surface area contributed by atoms with E-state index in [-0.39, 0.29) is 29.6 Å². The predicted octanol–water partition coefficient (Wildman–Crippen LogP) is 2.73. The molecule has 4 rings (SSSR count). The number of para-hydroxylation sites is 3. The number of amidine groups is 1. The largest absolute Gasteiger partial charge is 0.332 e. The summed E-state index contributed by atoms with van der Waals surface area (Å²) in [5.74, 6) is -0.872. The van der Waals surface area contributed by atoms with E-state index in [2.05, 4.69) is 15.4 Å². The summed E-state index contributed by atoms with van der Waals surface area (Å²) in [6.45, 7) is -1.38. The fourth-order valence-electron chi connectivity index (χ4n) is 3.39. The van der Waals surface area contributed by atoms with E-state index in [4.69, 9.17) is 0 Å². The predicted molar refractivity (Wildman–Crippen MR) is 111 cm³/mol. The SMILES string of the molecule is C[C@H]1N=C(C(=O)N(C)Cc2nc3ccccc3n2C(F)F)NN(c2ccccc2)C1=O. The lowest BCUT2D eigenvalue weighted by Gasteiger charge is -2.31. The Morgan fingerprint density at radius 1 is 1.16 bits per heavy atom. The van der Waals surface area contributed by atoms with Crippen LogP contribution in [-0.2, 0) is 16.1 Å². The molecule has 1 aliphatic rings. The number of hydrogen-bond acceptors (Lipinski definition) is 5. The van der Waals surface area contributed by atoms with Gasteiger partial charge in [-0.25, -0.2) is 15.0 Å². The quantitative estimate of drug-likeness (QED) is 0.680. The van der Waals surface area contributed by atoms with E-state index in [0.717, 1.165) is 4.57 Å². The van der Waals surface area contributed by atoms with Crippen molar-refractivity contribution in [2.45, 2.75) is 26.1 Å². The molecule has 1 N–H and O–H groups in total. The molecular formula is C21H20F2N6O2. The molecule has 0 saturated heterocycles. The van der Waals surface area contributed by atoms with Gasteiger partial charge in [-0.3, -0.25) is 19.6 Å². The third-order valence-electron chi connectivity index (χ3n) is 4.92. The minimum atomic E-state index is -2.80. The minimum absolute atomic E-state index is 0.0486. The molecule has 0 aliphatic carbocycles. The highest BCUT2D eigenvalue weighted by molar-refractivity contribution is 6.39. The van der Waals surface area contributed by atoms with Crippen LogP contribution in [0.5, 0.6) is 0 Å². The van der Waals surface area contributed by atoms with Crippen LogP contribution in [0.2, 0.25) is 0 Å². The fourth-order valence-corrected chi connectivity index (χ4v) is 3.39. The lowest BCUT2D eigenvalue weighted by molar-refractivity contribution is -0.124. The van der Waals surface area contributed by atoms with Crippen molar-refractivity contribution in [3.63, 3.8) is 0 Å². The number of nitrogens with zero attached hydrogens (tertiary/aromatic N) is 5. The number of carbonyl (C=O) groups is 2. The maximum absolute atomic E-state index is 13.7. The molecule has 0 spiro atoms. The molecule has 2 amide bonds. The topological polar surface area (TPSA) is 82.8 Å². The number of likely N-dealkylation sites (N-methyl/N-ethyl adjacent to an activating group) is 1. The van der Waals surface area contributed by atoms with Gasteiger partial charge in [0.25, 0.3) is 11.8 Å². The molecule has 0 saturated carbocycles. The van der Waals surface area contributed by atoms with Gasteiger partial charge in [0.05, 0.1) is 23.3 Å². The molecule has 2 heterocycles. The molecular weight excluding hydrogens is 406 g/mol. The van der Waals surface area contributed by atoms with Gasteiger partial charge in [-0.05, 0) is 31.2 Å². The Hall–Kier alpha value is -3.82. The van der Waals surface area contributed by atoms with Gasteiger partial charge in [-0.1, -0.05) is 30.3 Å². The molecule has 160 valence electrons. The van der Waals surface area contributed by atoms with Crippen LogP contribution in [0.1, 0.15) is 19.3 Å². The first kappa shape index (κ1) is 20.5. The lowest BCUT2D eigenvalue weighted by Crippen LogP contribution is -2.58. The van der Waals surface area contributed by atoms with Crippen LogP contribution >= 0.6 is 0 Å². The number of nitrogens with one attached hydrogen (secondary N) is 1. The average molecular weight is 426 g/mol. The van der Waals surface area contributed by atoms with Crippen LogP contribution in [0.3, 0.4) is 0 Å². The maximum atomic E-state index is 13.7. The second-order valence-electron chi connectivity index (χ2n) is 7.10. The van der Waals surface area contributed by atoms with E-state index >= 15 is 0 Å². The monoisotopic (exact) mass is 426 g/mol. The van der Waals surface area contributed by atoms with Crippen molar-refractivity contribution < 1.29 is 18.4 Å². The summed E-state index contributed by atoms with van der Waals surface area (Å²) in [6.07, 6.45) is 0. The Labute approximate surface area is 176 Å². The van der Waals surface area contributed by atoms with Crippen LogP contribution in [0.15, 0.2) is 59.6 Å². The zero-order chi connectivity index (χ0) is 22.1. The first-order valence-corrected chi connectivity index (χ1v) is 9.59. The van der Waals surface area contributed by atoms with Crippen LogP contribution in [-0.4, -0.2) is 45.2 Å². The molecule has 1 aliphatic heterocycles. The Morgan fingerprint density at radius 2 is 1.84 bits per heavy atom. The van der Waals surface area contributed by atoms with E-state index in [9.17, 15) is 18.4 Å². The smallest absolute Gasteiger partial charge is 0.320 e. The number of hydrazine groups is 1. The van der Waals surface area contributed by atoms with Crippen molar-refractivity contribution in [1.82, 2.24) is 19.9 Å². The number of hydrogen-bond donors (Lipinski definition) is 1. The Morgan fingerprint density at radius 3 is 2.55 bits per heavy atom.